The number of furan rings is 1. The summed E-state index contributed by atoms with van der Waals surface area (Å²) in [6.07, 6.45) is 0.576. The molecule has 0 aliphatic carbocycles. The van der Waals surface area contributed by atoms with Crippen molar-refractivity contribution >= 4 is 32.9 Å². The minimum absolute atomic E-state index is 0.101. The maximum atomic E-state index is 13.4. The molecular weight excluding hydrogens is 303 g/mol. The topological polar surface area (TPSA) is 50.4 Å². The molecular formula is C13H12BrFO3. The quantitative estimate of drug-likeness (QED) is 0.922. The van der Waals surface area contributed by atoms with Crippen molar-refractivity contribution in [1.82, 2.24) is 0 Å². The first-order chi connectivity index (χ1) is 8.40. The number of benzene rings is 1. The number of fused-ring (bicyclic) bond motifs is 1. The van der Waals surface area contributed by atoms with Crippen LogP contribution in [0.15, 0.2) is 21.0 Å². The van der Waals surface area contributed by atoms with E-state index >= 15 is 0 Å². The zero-order valence-electron chi connectivity index (χ0n) is 9.96. The summed E-state index contributed by atoms with van der Waals surface area (Å²) >= 11 is 3.10. The lowest BCUT2D eigenvalue weighted by atomic mass is 10.00. The predicted molar refractivity (Wildman–Crippen MR) is 69.4 cm³/mol. The first kappa shape index (κ1) is 13.1. The third kappa shape index (κ3) is 2.27. The summed E-state index contributed by atoms with van der Waals surface area (Å²) in [5.74, 6) is -1.41. The van der Waals surface area contributed by atoms with E-state index in [1.165, 1.54) is 6.07 Å². The predicted octanol–water partition coefficient (Wildman–Crippen LogP) is 4.23. The van der Waals surface area contributed by atoms with Crippen LogP contribution in [0, 0.1) is 11.7 Å². The highest BCUT2D eigenvalue weighted by Crippen LogP contribution is 2.32. The number of carboxylic acids is 1. The van der Waals surface area contributed by atoms with Crippen LogP contribution < -0.4 is 0 Å². The van der Waals surface area contributed by atoms with Crippen LogP contribution in [-0.4, -0.2) is 11.1 Å². The van der Waals surface area contributed by atoms with E-state index < -0.39 is 11.8 Å². The van der Waals surface area contributed by atoms with Gasteiger partial charge in [0.2, 0.25) is 5.76 Å². The second-order valence-electron chi connectivity index (χ2n) is 4.58. The Labute approximate surface area is 112 Å². The van der Waals surface area contributed by atoms with E-state index in [4.69, 9.17) is 9.52 Å². The Morgan fingerprint density at radius 2 is 2.17 bits per heavy atom. The van der Waals surface area contributed by atoms with E-state index in [9.17, 15) is 9.18 Å². The molecule has 0 spiro atoms. The third-order valence-electron chi connectivity index (χ3n) is 2.64. The number of carbonyl (C=O) groups is 1. The first-order valence-electron chi connectivity index (χ1n) is 5.54. The molecule has 1 N–H and O–H groups in total. The van der Waals surface area contributed by atoms with Gasteiger partial charge < -0.3 is 9.52 Å². The fourth-order valence-corrected chi connectivity index (χ4v) is 2.27. The molecule has 0 fully saturated rings. The molecule has 3 nitrogen and oxygen atoms in total. The summed E-state index contributed by atoms with van der Waals surface area (Å²) in [4.78, 5) is 11.1. The van der Waals surface area contributed by atoms with E-state index in [-0.39, 0.29) is 17.3 Å². The number of aromatic carboxylic acids is 1. The standard InChI is InChI=1S/C13H12BrFO3/c1-6(2)3-8-7-4-9(14)10(15)5-11(7)18-12(8)13(16)17/h4-6H,3H2,1-2H3,(H,16,17). The summed E-state index contributed by atoms with van der Waals surface area (Å²) in [6.45, 7) is 3.98. The molecule has 5 heteroatoms. The van der Waals surface area contributed by atoms with Gasteiger partial charge in [0.1, 0.15) is 11.4 Å². The number of hydrogen-bond acceptors (Lipinski definition) is 2. The molecule has 0 radical (unpaired) electrons. The highest BCUT2D eigenvalue weighted by atomic mass is 79.9. The molecule has 0 bridgehead atoms. The Bertz CT molecular complexity index is 616. The molecule has 0 saturated carbocycles. The van der Waals surface area contributed by atoms with Gasteiger partial charge in [0, 0.05) is 17.0 Å². The van der Waals surface area contributed by atoms with Crippen molar-refractivity contribution in [2.24, 2.45) is 5.92 Å². The van der Waals surface area contributed by atoms with Crippen molar-refractivity contribution in [1.29, 1.82) is 0 Å². The fraction of sp³-hybridized carbons (Fsp3) is 0.308. The molecule has 0 aliphatic heterocycles. The average Bonchev–Trinajstić information content (AvgIpc) is 2.57. The molecule has 0 aliphatic rings. The molecule has 1 heterocycles. The van der Waals surface area contributed by atoms with Gasteiger partial charge in [-0.3, -0.25) is 0 Å². The normalized spacial score (nSPS) is 11.4. The third-order valence-corrected chi connectivity index (χ3v) is 3.25. The van der Waals surface area contributed by atoms with Gasteiger partial charge in [0.25, 0.3) is 0 Å². The summed E-state index contributed by atoms with van der Waals surface area (Å²) in [5.41, 5.74) is 0.886. The maximum Gasteiger partial charge on any atom is 0.372 e. The minimum Gasteiger partial charge on any atom is -0.475 e. The van der Waals surface area contributed by atoms with Gasteiger partial charge >= 0.3 is 5.97 Å². The molecule has 0 unspecified atom stereocenters. The lowest BCUT2D eigenvalue weighted by Crippen LogP contribution is -2.02. The van der Waals surface area contributed by atoms with Crippen LogP contribution >= 0.6 is 15.9 Å². The Morgan fingerprint density at radius 1 is 1.50 bits per heavy atom. The SMILES string of the molecule is CC(C)Cc1c(C(=O)O)oc2cc(F)c(Br)cc12. The van der Waals surface area contributed by atoms with Crippen LogP contribution in [0.1, 0.15) is 30.0 Å². The molecule has 0 saturated heterocycles. The van der Waals surface area contributed by atoms with Gasteiger partial charge in [-0.25, -0.2) is 9.18 Å². The van der Waals surface area contributed by atoms with Crippen LogP contribution in [0.3, 0.4) is 0 Å². The number of carboxylic acid groups (broad SMARTS) is 1. The summed E-state index contributed by atoms with van der Waals surface area (Å²) < 4.78 is 18.9. The van der Waals surface area contributed by atoms with Crippen LogP contribution in [0.2, 0.25) is 0 Å². The summed E-state index contributed by atoms with van der Waals surface area (Å²) in [6, 6.07) is 2.77. The van der Waals surface area contributed by atoms with Crippen molar-refractivity contribution in [2.75, 3.05) is 0 Å². The van der Waals surface area contributed by atoms with Crippen molar-refractivity contribution in [2.45, 2.75) is 20.3 Å². The molecule has 2 rings (SSSR count). The zero-order chi connectivity index (χ0) is 13.4. The van der Waals surface area contributed by atoms with E-state index in [1.54, 1.807) is 6.07 Å². The van der Waals surface area contributed by atoms with E-state index in [0.717, 1.165) is 0 Å². The first-order valence-corrected chi connectivity index (χ1v) is 6.33. The van der Waals surface area contributed by atoms with E-state index in [0.29, 0.717) is 21.8 Å². The summed E-state index contributed by atoms with van der Waals surface area (Å²) in [5, 5.41) is 9.77. The second-order valence-corrected chi connectivity index (χ2v) is 5.43. The van der Waals surface area contributed by atoms with Gasteiger partial charge in [-0.15, -0.1) is 0 Å². The van der Waals surface area contributed by atoms with E-state index in [2.05, 4.69) is 15.9 Å². The fourth-order valence-electron chi connectivity index (χ4n) is 1.93. The molecule has 1 aromatic heterocycles. The molecule has 1 aromatic carbocycles. The van der Waals surface area contributed by atoms with Crippen molar-refractivity contribution in [3.8, 4) is 0 Å². The molecule has 0 atom stereocenters. The Balaban J connectivity index is 2.72. The van der Waals surface area contributed by atoms with Crippen LogP contribution in [0.4, 0.5) is 4.39 Å². The van der Waals surface area contributed by atoms with Gasteiger partial charge in [-0.05, 0) is 34.3 Å². The van der Waals surface area contributed by atoms with Crippen LogP contribution in [0.25, 0.3) is 11.0 Å². The molecule has 96 valence electrons. The van der Waals surface area contributed by atoms with Crippen LogP contribution in [0.5, 0.6) is 0 Å². The van der Waals surface area contributed by atoms with Crippen molar-refractivity contribution < 1.29 is 18.7 Å². The Kier molecular flexibility index (Phi) is 3.43. The largest absolute Gasteiger partial charge is 0.475 e. The van der Waals surface area contributed by atoms with Crippen molar-refractivity contribution in [3.63, 3.8) is 0 Å². The zero-order valence-corrected chi connectivity index (χ0v) is 11.5. The Hall–Kier alpha value is -1.36. The monoisotopic (exact) mass is 314 g/mol. The highest BCUT2D eigenvalue weighted by Gasteiger charge is 2.21. The number of hydrogen-bond donors (Lipinski definition) is 1. The maximum absolute atomic E-state index is 13.4. The van der Waals surface area contributed by atoms with Crippen LogP contribution in [-0.2, 0) is 6.42 Å². The van der Waals surface area contributed by atoms with Gasteiger partial charge in [-0.2, -0.15) is 0 Å². The van der Waals surface area contributed by atoms with Gasteiger partial charge in [0.15, 0.2) is 0 Å². The van der Waals surface area contributed by atoms with E-state index in [1.807, 2.05) is 13.8 Å². The lowest BCUT2D eigenvalue weighted by molar-refractivity contribution is 0.0663. The van der Waals surface area contributed by atoms with Crippen molar-refractivity contribution in [3.05, 3.63) is 33.7 Å². The number of rotatable bonds is 3. The Morgan fingerprint density at radius 3 is 2.72 bits per heavy atom. The average molecular weight is 315 g/mol. The molecule has 18 heavy (non-hydrogen) atoms. The second kappa shape index (κ2) is 4.72. The summed E-state index contributed by atoms with van der Waals surface area (Å²) in [7, 11) is 0. The lowest BCUT2D eigenvalue weighted by Gasteiger charge is -2.03. The highest BCUT2D eigenvalue weighted by molar-refractivity contribution is 9.10. The van der Waals surface area contributed by atoms with Gasteiger partial charge in [0.05, 0.1) is 4.47 Å². The minimum atomic E-state index is -1.13. The molecule has 0 amide bonds. The smallest absolute Gasteiger partial charge is 0.372 e. The number of halogens is 2. The van der Waals surface area contributed by atoms with Gasteiger partial charge in [-0.1, -0.05) is 13.8 Å². The molecule has 2 aromatic rings.